The zero-order chi connectivity index (χ0) is 12.8. The summed E-state index contributed by atoms with van der Waals surface area (Å²) >= 11 is 0. The van der Waals surface area contributed by atoms with E-state index in [1.807, 2.05) is 0 Å². The van der Waals surface area contributed by atoms with Crippen LogP contribution in [0.3, 0.4) is 0 Å². The summed E-state index contributed by atoms with van der Waals surface area (Å²) in [6.45, 7) is 13.5. The zero-order valence-corrected chi connectivity index (χ0v) is 11.8. The van der Waals surface area contributed by atoms with E-state index in [-0.39, 0.29) is 10.8 Å². The first kappa shape index (κ1) is 12.2. The van der Waals surface area contributed by atoms with Crippen molar-refractivity contribution in [2.45, 2.75) is 52.4 Å². The van der Waals surface area contributed by atoms with Crippen molar-refractivity contribution in [3.05, 3.63) is 41.7 Å². The molecule has 1 nitrogen and oxygen atoms in total. The van der Waals surface area contributed by atoms with E-state index in [2.05, 4.69) is 76.5 Å². The molecular formula is C16H23N. The molecule has 0 fully saturated rings. The predicted molar refractivity (Wildman–Crippen MR) is 74.8 cm³/mol. The number of fused-ring (bicyclic) bond motifs is 1. The zero-order valence-electron chi connectivity index (χ0n) is 11.8. The molecule has 0 aromatic carbocycles. The van der Waals surface area contributed by atoms with E-state index in [0.29, 0.717) is 0 Å². The molecule has 2 heterocycles. The van der Waals surface area contributed by atoms with Crippen molar-refractivity contribution in [1.29, 1.82) is 0 Å². The predicted octanol–water partition coefficient (Wildman–Crippen LogP) is 4.53. The largest absolute Gasteiger partial charge is 0.324 e. The van der Waals surface area contributed by atoms with Gasteiger partial charge in [-0.3, -0.25) is 0 Å². The lowest BCUT2D eigenvalue weighted by molar-refractivity contribution is 0.589. The lowest BCUT2D eigenvalue weighted by Crippen LogP contribution is -2.10. The molecule has 0 bridgehead atoms. The van der Waals surface area contributed by atoms with Crippen LogP contribution < -0.4 is 0 Å². The molecular weight excluding hydrogens is 206 g/mol. The van der Waals surface area contributed by atoms with Crippen molar-refractivity contribution >= 4 is 5.52 Å². The quantitative estimate of drug-likeness (QED) is 0.625. The van der Waals surface area contributed by atoms with E-state index >= 15 is 0 Å². The highest BCUT2D eigenvalue weighted by Gasteiger charge is 2.17. The maximum absolute atomic E-state index is 2.30. The van der Waals surface area contributed by atoms with Crippen molar-refractivity contribution < 1.29 is 0 Å². The third kappa shape index (κ3) is 2.38. The Kier molecular flexibility index (Phi) is 2.61. The molecule has 2 rings (SSSR count). The van der Waals surface area contributed by atoms with Gasteiger partial charge in [-0.15, -0.1) is 0 Å². The van der Waals surface area contributed by atoms with Crippen molar-refractivity contribution in [2.75, 3.05) is 0 Å². The van der Waals surface area contributed by atoms with Gasteiger partial charge in [0.2, 0.25) is 0 Å². The molecule has 0 saturated carbocycles. The van der Waals surface area contributed by atoms with Gasteiger partial charge in [-0.1, -0.05) is 41.5 Å². The van der Waals surface area contributed by atoms with Crippen LogP contribution in [0.25, 0.3) is 5.52 Å². The third-order valence-electron chi connectivity index (χ3n) is 3.33. The Bertz CT molecular complexity index is 521. The first-order valence-electron chi connectivity index (χ1n) is 6.31. The van der Waals surface area contributed by atoms with Crippen LogP contribution in [0.2, 0.25) is 0 Å². The minimum Gasteiger partial charge on any atom is -0.324 e. The Morgan fingerprint density at radius 3 is 1.88 bits per heavy atom. The molecule has 0 radical (unpaired) electrons. The molecule has 0 saturated heterocycles. The van der Waals surface area contributed by atoms with Gasteiger partial charge in [-0.25, -0.2) is 0 Å². The summed E-state index contributed by atoms with van der Waals surface area (Å²) in [5, 5.41) is 0. The Hall–Kier alpha value is -1.24. The highest BCUT2D eigenvalue weighted by molar-refractivity contribution is 5.54. The summed E-state index contributed by atoms with van der Waals surface area (Å²) in [6, 6.07) is 6.82. The van der Waals surface area contributed by atoms with Crippen LogP contribution in [-0.2, 0) is 10.8 Å². The van der Waals surface area contributed by atoms with Gasteiger partial charge in [0.1, 0.15) is 0 Å². The van der Waals surface area contributed by atoms with Crippen LogP contribution in [-0.4, -0.2) is 4.40 Å². The molecule has 1 heteroatoms. The third-order valence-corrected chi connectivity index (χ3v) is 3.33. The molecule has 0 N–H and O–H groups in total. The van der Waals surface area contributed by atoms with Gasteiger partial charge in [0.05, 0.1) is 0 Å². The SMILES string of the molecule is CC(C)(C)c1ccn2cc(C(C)(C)C)cc2c1. The van der Waals surface area contributed by atoms with Crippen LogP contribution in [0.15, 0.2) is 30.6 Å². The van der Waals surface area contributed by atoms with Gasteiger partial charge in [-0.2, -0.15) is 0 Å². The lowest BCUT2D eigenvalue weighted by Gasteiger charge is -2.18. The summed E-state index contributed by atoms with van der Waals surface area (Å²) in [6.07, 6.45) is 4.41. The molecule has 0 spiro atoms. The van der Waals surface area contributed by atoms with Crippen molar-refractivity contribution in [1.82, 2.24) is 4.40 Å². The molecule has 0 aliphatic heterocycles. The second-order valence-electron chi connectivity index (χ2n) is 6.98. The van der Waals surface area contributed by atoms with Gasteiger partial charge in [0.25, 0.3) is 0 Å². The summed E-state index contributed by atoms with van der Waals surface area (Å²) in [5.74, 6) is 0. The fourth-order valence-electron chi connectivity index (χ4n) is 1.99. The molecule has 0 amide bonds. The van der Waals surface area contributed by atoms with E-state index in [4.69, 9.17) is 0 Å². The van der Waals surface area contributed by atoms with E-state index in [0.717, 1.165) is 0 Å². The molecule has 0 atom stereocenters. The number of hydrogen-bond donors (Lipinski definition) is 0. The summed E-state index contributed by atoms with van der Waals surface area (Å²) in [4.78, 5) is 0. The Balaban J connectivity index is 2.56. The number of pyridine rings is 1. The topological polar surface area (TPSA) is 4.41 Å². The maximum Gasteiger partial charge on any atom is 0.0455 e. The van der Waals surface area contributed by atoms with Gasteiger partial charge < -0.3 is 4.40 Å². The van der Waals surface area contributed by atoms with E-state index in [9.17, 15) is 0 Å². The number of rotatable bonds is 0. The highest BCUT2D eigenvalue weighted by Crippen LogP contribution is 2.28. The van der Waals surface area contributed by atoms with Crippen molar-refractivity contribution in [3.8, 4) is 0 Å². The van der Waals surface area contributed by atoms with Gasteiger partial charge in [-0.05, 0) is 40.2 Å². The van der Waals surface area contributed by atoms with E-state index < -0.39 is 0 Å². The molecule has 2 aromatic heterocycles. The van der Waals surface area contributed by atoms with E-state index in [1.54, 1.807) is 0 Å². The monoisotopic (exact) mass is 229 g/mol. The number of nitrogens with zero attached hydrogens (tertiary/aromatic N) is 1. The average Bonchev–Trinajstić information content (AvgIpc) is 2.57. The van der Waals surface area contributed by atoms with Crippen LogP contribution in [0.5, 0.6) is 0 Å². The molecule has 0 unspecified atom stereocenters. The average molecular weight is 229 g/mol. The van der Waals surface area contributed by atoms with Crippen LogP contribution in [0.4, 0.5) is 0 Å². The molecule has 92 valence electrons. The van der Waals surface area contributed by atoms with E-state index in [1.165, 1.54) is 16.6 Å². The first-order valence-corrected chi connectivity index (χ1v) is 6.31. The Morgan fingerprint density at radius 1 is 0.824 bits per heavy atom. The highest BCUT2D eigenvalue weighted by atomic mass is 14.9. The molecule has 0 aliphatic carbocycles. The molecule has 2 aromatic rings. The molecule has 0 aliphatic rings. The van der Waals surface area contributed by atoms with Gasteiger partial charge in [0, 0.05) is 17.9 Å². The number of aromatic nitrogens is 1. The Labute approximate surface area is 104 Å². The minimum absolute atomic E-state index is 0.216. The van der Waals surface area contributed by atoms with Gasteiger partial charge >= 0.3 is 0 Å². The summed E-state index contributed by atoms with van der Waals surface area (Å²) in [5.41, 5.74) is 4.51. The van der Waals surface area contributed by atoms with Crippen molar-refractivity contribution in [3.63, 3.8) is 0 Å². The fourth-order valence-corrected chi connectivity index (χ4v) is 1.99. The number of hydrogen-bond acceptors (Lipinski definition) is 0. The second kappa shape index (κ2) is 3.63. The van der Waals surface area contributed by atoms with Crippen LogP contribution in [0, 0.1) is 0 Å². The maximum atomic E-state index is 2.30. The summed E-state index contributed by atoms with van der Waals surface area (Å²) < 4.78 is 2.22. The normalized spacial score (nSPS) is 13.3. The smallest absolute Gasteiger partial charge is 0.0455 e. The standard InChI is InChI=1S/C16H23N/c1-15(2,3)12-7-8-17-11-13(16(4,5)6)10-14(17)9-12/h7-11H,1-6H3. The fraction of sp³-hybridized carbons (Fsp3) is 0.500. The van der Waals surface area contributed by atoms with Gasteiger partial charge in [0.15, 0.2) is 0 Å². The molecule has 17 heavy (non-hydrogen) atoms. The summed E-state index contributed by atoms with van der Waals surface area (Å²) in [7, 11) is 0. The van der Waals surface area contributed by atoms with Crippen LogP contribution >= 0.6 is 0 Å². The minimum atomic E-state index is 0.216. The van der Waals surface area contributed by atoms with Crippen LogP contribution in [0.1, 0.15) is 52.7 Å². The van der Waals surface area contributed by atoms with Crippen molar-refractivity contribution in [2.24, 2.45) is 0 Å². The Morgan fingerprint density at radius 2 is 1.35 bits per heavy atom. The first-order chi connectivity index (χ1) is 7.68. The second-order valence-corrected chi connectivity index (χ2v) is 6.98. The lowest BCUT2D eigenvalue weighted by atomic mass is 9.87.